The van der Waals surface area contributed by atoms with Crippen molar-refractivity contribution in [2.75, 3.05) is 31.2 Å². The largest absolute Gasteiger partial charge is 0.378 e. The lowest BCUT2D eigenvalue weighted by Gasteiger charge is -2.28. The Balaban J connectivity index is 2.19. The van der Waals surface area contributed by atoms with Gasteiger partial charge in [0.25, 0.3) is 0 Å². The first-order valence-electron chi connectivity index (χ1n) is 5.67. The quantitative estimate of drug-likeness (QED) is 0.720. The van der Waals surface area contributed by atoms with Crippen LogP contribution in [0.5, 0.6) is 0 Å². The summed E-state index contributed by atoms with van der Waals surface area (Å²) in [7, 11) is 0. The maximum absolute atomic E-state index is 13.7. The number of anilines is 1. The molecule has 1 fully saturated rings. The van der Waals surface area contributed by atoms with Crippen LogP contribution in [0.25, 0.3) is 0 Å². The first-order chi connectivity index (χ1) is 7.68. The van der Waals surface area contributed by atoms with E-state index >= 15 is 0 Å². The van der Waals surface area contributed by atoms with Crippen LogP contribution < -0.4 is 4.90 Å². The number of halogens is 1. The van der Waals surface area contributed by atoms with Crippen LogP contribution in [0.15, 0.2) is 12.1 Å². The van der Waals surface area contributed by atoms with Crippen LogP contribution in [-0.2, 0) is 4.74 Å². The second-order valence-electron chi connectivity index (χ2n) is 4.30. The molecule has 16 heavy (non-hydrogen) atoms. The molecule has 1 aromatic heterocycles. The minimum atomic E-state index is -0.348. The lowest BCUT2D eigenvalue weighted by atomic mass is 10.1. The molecular formula is C12H17FN2O. The smallest absolute Gasteiger partial charge is 0.218 e. The number of ether oxygens (including phenoxy) is 1. The predicted molar refractivity (Wildman–Crippen MR) is 61.3 cm³/mol. The van der Waals surface area contributed by atoms with Crippen LogP contribution in [-0.4, -0.2) is 31.3 Å². The third-order valence-electron chi connectivity index (χ3n) is 2.82. The normalized spacial score (nSPS) is 16.9. The van der Waals surface area contributed by atoms with Gasteiger partial charge in [0, 0.05) is 18.7 Å². The molecule has 0 unspecified atom stereocenters. The maximum Gasteiger partial charge on any atom is 0.218 e. The molecule has 0 bridgehead atoms. The zero-order valence-corrected chi connectivity index (χ0v) is 9.74. The van der Waals surface area contributed by atoms with E-state index < -0.39 is 0 Å². The van der Waals surface area contributed by atoms with E-state index in [1.54, 1.807) is 0 Å². The lowest BCUT2D eigenvalue weighted by molar-refractivity contribution is 0.122. The number of aromatic nitrogens is 1. The minimum Gasteiger partial charge on any atom is -0.378 e. The fourth-order valence-electron chi connectivity index (χ4n) is 1.83. The van der Waals surface area contributed by atoms with Crippen LogP contribution in [0.1, 0.15) is 25.3 Å². The van der Waals surface area contributed by atoms with Gasteiger partial charge in [-0.1, -0.05) is 19.9 Å². The highest BCUT2D eigenvalue weighted by Gasteiger charge is 2.15. The fourth-order valence-corrected chi connectivity index (χ4v) is 1.83. The summed E-state index contributed by atoms with van der Waals surface area (Å²) in [6.07, 6.45) is 0. The van der Waals surface area contributed by atoms with Gasteiger partial charge in [-0.3, -0.25) is 0 Å². The Morgan fingerprint density at radius 1 is 1.31 bits per heavy atom. The van der Waals surface area contributed by atoms with Crippen LogP contribution in [0, 0.1) is 5.95 Å². The summed E-state index contributed by atoms with van der Waals surface area (Å²) in [6, 6.07) is 3.72. The number of hydrogen-bond acceptors (Lipinski definition) is 3. The van der Waals surface area contributed by atoms with Crippen LogP contribution in [0.3, 0.4) is 0 Å². The molecule has 1 saturated heterocycles. The SMILES string of the molecule is CC(C)c1ccc(N2CCOCC2)nc1F. The molecule has 2 heterocycles. The Labute approximate surface area is 95.2 Å². The second-order valence-corrected chi connectivity index (χ2v) is 4.30. The Bertz CT molecular complexity index is 362. The Morgan fingerprint density at radius 2 is 2.00 bits per heavy atom. The zero-order chi connectivity index (χ0) is 11.5. The first kappa shape index (κ1) is 11.3. The molecule has 3 nitrogen and oxygen atoms in total. The van der Waals surface area contributed by atoms with E-state index in [0.717, 1.165) is 13.1 Å². The summed E-state index contributed by atoms with van der Waals surface area (Å²) in [5, 5.41) is 0. The summed E-state index contributed by atoms with van der Waals surface area (Å²) < 4.78 is 18.9. The molecule has 4 heteroatoms. The van der Waals surface area contributed by atoms with Gasteiger partial charge < -0.3 is 9.64 Å². The Hall–Kier alpha value is -1.16. The van der Waals surface area contributed by atoms with Crippen LogP contribution in [0.4, 0.5) is 10.2 Å². The van der Waals surface area contributed by atoms with Crippen molar-refractivity contribution >= 4 is 5.82 Å². The number of pyridine rings is 1. The standard InChI is InChI=1S/C12H17FN2O/c1-9(2)10-3-4-11(14-12(10)13)15-5-7-16-8-6-15/h3-4,9H,5-8H2,1-2H3. The van der Waals surface area contributed by atoms with E-state index in [9.17, 15) is 4.39 Å². The van der Waals surface area contributed by atoms with Crippen molar-refractivity contribution in [1.82, 2.24) is 4.98 Å². The van der Waals surface area contributed by atoms with Gasteiger partial charge in [-0.05, 0) is 12.0 Å². The first-order valence-corrected chi connectivity index (χ1v) is 5.67. The number of hydrogen-bond donors (Lipinski definition) is 0. The molecule has 0 radical (unpaired) electrons. The van der Waals surface area contributed by atoms with E-state index in [0.29, 0.717) is 24.6 Å². The van der Waals surface area contributed by atoms with E-state index in [-0.39, 0.29) is 11.9 Å². The molecule has 0 amide bonds. The van der Waals surface area contributed by atoms with E-state index in [1.165, 1.54) is 0 Å². The number of nitrogens with zero attached hydrogens (tertiary/aromatic N) is 2. The van der Waals surface area contributed by atoms with Gasteiger partial charge in [0.1, 0.15) is 5.82 Å². The van der Waals surface area contributed by atoms with Crippen molar-refractivity contribution in [1.29, 1.82) is 0 Å². The van der Waals surface area contributed by atoms with E-state index in [2.05, 4.69) is 9.88 Å². The summed E-state index contributed by atoms with van der Waals surface area (Å²) in [5.41, 5.74) is 0.678. The minimum absolute atomic E-state index is 0.172. The maximum atomic E-state index is 13.7. The van der Waals surface area contributed by atoms with E-state index in [4.69, 9.17) is 4.74 Å². The highest BCUT2D eigenvalue weighted by Crippen LogP contribution is 2.21. The number of morpholine rings is 1. The molecule has 0 aromatic carbocycles. The Kier molecular flexibility index (Phi) is 3.39. The summed E-state index contributed by atoms with van der Waals surface area (Å²) in [6.45, 7) is 6.88. The highest BCUT2D eigenvalue weighted by atomic mass is 19.1. The van der Waals surface area contributed by atoms with Crippen LogP contribution in [0.2, 0.25) is 0 Å². The Morgan fingerprint density at radius 3 is 2.56 bits per heavy atom. The van der Waals surface area contributed by atoms with Crippen molar-refractivity contribution in [3.8, 4) is 0 Å². The zero-order valence-electron chi connectivity index (χ0n) is 9.74. The van der Waals surface area contributed by atoms with Gasteiger partial charge in [0.2, 0.25) is 5.95 Å². The van der Waals surface area contributed by atoms with Crippen molar-refractivity contribution in [3.05, 3.63) is 23.6 Å². The lowest BCUT2D eigenvalue weighted by Crippen LogP contribution is -2.36. The van der Waals surface area contributed by atoms with Crippen LogP contribution >= 0.6 is 0 Å². The molecule has 1 aromatic rings. The number of rotatable bonds is 2. The van der Waals surface area contributed by atoms with Crippen molar-refractivity contribution < 1.29 is 9.13 Å². The van der Waals surface area contributed by atoms with Gasteiger partial charge in [0.05, 0.1) is 13.2 Å². The van der Waals surface area contributed by atoms with Crippen molar-refractivity contribution in [2.24, 2.45) is 0 Å². The third kappa shape index (κ3) is 2.32. The molecule has 2 rings (SSSR count). The molecule has 1 aliphatic rings. The van der Waals surface area contributed by atoms with Crippen molar-refractivity contribution in [2.45, 2.75) is 19.8 Å². The molecule has 88 valence electrons. The molecule has 1 aliphatic heterocycles. The molecule has 0 atom stereocenters. The van der Waals surface area contributed by atoms with Gasteiger partial charge in [-0.15, -0.1) is 0 Å². The molecule has 0 spiro atoms. The molecule has 0 aliphatic carbocycles. The van der Waals surface area contributed by atoms with E-state index in [1.807, 2.05) is 26.0 Å². The van der Waals surface area contributed by atoms with Gasteiger partial charge in [-0.2, -0.15) is 4.39 Å². The predicted octanol–water partition coefficient (Wildman–Crippen LogP) is 2.18. The fraction of sp³-hybridized carbons (Fsp3) is 0.583. The monoisotopic (exact) mass is 224 g/mol. The average Bonchev–Trinajstić information content (AvgIpc) is 2.29. The van der Waals surface area contributed by atoms with Gasteiger partial charge in [0.15, 0.2) is 0 Å². The molecular weight excluding hydrogens is 207 g/mol. The highest BCUT2D eigenvalue weighted by molar-refractivity contribution is 5.40. The van der Waals surface area contributed by atoms with Gasteiger partial charge in [-0.25, -0.2) is 4.98 Å². The van der Waals surface area contributed by atoms with Crippen molar-refractivity contribution in [3.63, 3.8) is 0 Å². The summed E-state index contributed by atoms with van der Waals surface area (Å²) >= 11 is 0. The second kappa shape index (κ2) is 4.78. The third-order valence-corrected chi connectivity index (χ3v) is 2.82. The summed E-state index contributed by atoms with van der Waals surface area (Å²) in [4.78, 5) is 6.07. The molecule has 0 saturated carbocycles. The summed E-state index contributed by atoms with van der Waals surface area (Å²) in [5.74, 6) is 0.537. The van der Waals surface area contributed by atoms with Gasteiger partial charge >= 0.3 is 0 Å². The average molecular weight is 224 g/mol. The topological polar surface area (TPSA) is 25.4 Å². The molecule has 0 N–H and O–H groups in total.